The lowest BCUT2D eigenvalue weighted by molar-refractivity contribution is 0.0525. The molecule has 0 aliphatic heterocycles. The normalized spacial score (nSPS) is 15.9. The van der Waals surface area contributed by atoms with Gasteiger partial charge in [-0.1, -0.05) is 6.07 Å². The van der Waals surface area contributed by atoms with Crippen molar-refractivity contribution < 1.29 is 14.3 Å². The van der Waals surface area contributed by atoms with Crippen molar-refractivity contribution in [1.29, 1.82) is 0 Å². The van der Waals surface area contributed by atoms with Gasteiger partial charge < -0.3 is 15.4 Å². The van der Waals surface area contributed by atoms with E-state index in [1.54, 1.807) is 17.1 Å². The highest BCUT2D eigenvalue weighted by Gasteiger charge is 2.25. The molecule has 144 valence electrons. The van der Waals surface area contributed by atoms with Crippen LogP contribution in [0.3, 0.4) is 0 Å². The van der Waals surface area contributed by atoms with E-state index < -0.39 is 11.7 Å². The van der Waals surface area contributed by atoms with Crippen LogP contribution in [0.1, 0.15) is 54.8 Å². The number of aromatic nitrogens is 3. The quantitative estimate of drug-likeness (QED) is 0.840. The van der Waals surface area contributed by atoms with Crippen LogP contribution < -0.4 is 10.6 Å². The number of pyridine rings is 1. The number of alkyl carbamates (subject to hydrolysis) is 1. The first-order chi connectivity index (χ1) is 12.8. The Hall–Kier alpha value is -2.90. The largest absolute Gasteiger partial charge is 0.444 e. The third-order valence-corrected chi connectivity index (χ3v) is 4.17. The Morgan fingerprint density at radius 3 is 2.96 bits per heavy atom. The van der Waals surface area contributed by atoms with E-state index in [0.29, 0.717) is 18.7 Å². The molecule has 8 heteroatoms. The number of aryl methyl sites for hydroxylation is 1. The van der Waals surface area contributed by atoms with E-state index in [4.69, 9.17) is 4.74 Å². The average molecular weight is 371 g/mol. The Bertz CT molecular complexity index is 825. The zero-order valence-corrected chi connectivity index (χ0v) is 15.9. The second kappa shape index (κ2) is 7.77. The summed E-state index contributed by atoms with van der Waals surface area (Å²) in [5.41, 5.74) is 2.08. The Morgan fingerprint density at radius 1 is 1.37 bits per heavy atom. The summed E-state index contributed by atoms with van der Waals surface area (Å²) in [5.74, 6) is -0.176. The van der Waals surface area contributed by atoms with Crippen molar-refractivity contribution in [2.45, 2.75) is 51.8 Å². The van der Waals surface area contributed by atoms with E-state index in [1.807, 2.05) is 32.9 Å². The summed E-state index contributed by atoms with van der Waals surface area (Å²) in [6.45, 7) is 6.23. The van der Waals surface area contributed by atoms with E-state index in [-0.39, 0.29) is 11.9 Å². The van der Waals surface area contributed by atoms with Gasteiger partial charge in [-0.25, -0.2) is 4.79 Å². The zero-order valence-electron chi connectivity index (χ0n) is 15.9. The van der Waals surface area contributed by atoms with Crippen molar-refractivity contribution >= 4 is 12.0 Å². The first-order valence-corrected chi connectivity index (χ1v) is 9.06. The minimum Gasteiger partial charge on any atom is -0.444 e. The molecule has 1 aliphatic carbocycles. The van der Waals surface area contributed by atoms with E-state index >= 15 is 0 Å². The van der Waals surface area contributed by atoms with Crippen molar-refractivity contribution in [2.75, 3.05) is 6.54 Å². The maximum atomic E-state index is 12.5. The molecule has 27 heavy (non-hydrogen) atoms. The molecule has 0 spiro atoms. The molecule has 2 heterocycles. The number of carbonyl (C=O) groups is 2. The van der Waals surface area contributed by atoms with Crippen molar-refractivity contribution in [3.05, 3.63) is 47.5 Å². The Morgan fingerprint density at radius 2 is 2.19 bits per heavy atom. The molecule has 2 N–H and O–H groups in total. The summed E-state index contributed by atoms with van der Waals surface area (Å²) in [6.07, 6.45) is 6.24. The summed E-state index contributed by atoms with van der Waals surface area (Å²) < 4.78 is 6.79. The topological polar surface area (TPSA) is 98.1 Å². The first kappa shape index (κ1) is 18.9. The predicted molar refractivity (Wildman–Crippen MR) is 99.2 cm³/mol. The Kier molecular flexibility index (Phi) is 5.43. The molecule has 1 unspecified atom stereocenters. The number of hydrogen-bond donors (Lipinski definition) is 2. The van der Waals surface area contributed by atoms with Gasteiger partial charge in [-0.3, -0.25) is 14.5 Å². The Balaban J connectivity index is 1.49. The van der Waals surface area contributed by atoms with Crippen LogP contribution >= 0.6 is 0 Å². The van der Waals surface area contributed by atoms with Crippen LogP contribution in [-0.4, -0.2) is 38.9 Å². The highest BCUT2D eigenvalue weighted by molar-refractivity contribution is 5.94. The number of fused-ring (bicyclic) bond motifs is 1. The van der Waals surface area contributed by atoms with Crippen molar-refractivity contribution in [2.24, 2.45) is 0 Å². The summed E-state index contributed by atoms with van der Waals surface area (Å²) in [6, 6.07) is 3.90. The molecular formula is C19H25N5O3. The average Bonchev–Trinajstić information content (AvgIpc) is 3.21. The van der Waals surface area contributed by atoms with Gasteiger partial charge in [0.2, 0.25) is 0 Å². The van der Waals surface area contributed by atoms with Crippen LogP contribution in [-0.2, 0) is 17.7 Å². The van der Waals surface area contributed by atoms with Crippen LogP contribution in [0, 0.1) is 0 Å². The van der Waals surface area contributed by atoms with E-state index in [2.05, 4.69) is 20.7 Å². The van der Waals surface area contributed by atoms with Crippen LogP contribution in [0.15, 0.2) is 30.7 Å². The molecule has 3 rings (SSSR count). The molecule has 2 amide bonds. The first-order valence-electron chi connectivity index (χ1n) is 9.06. The second-order valence-electron chi connectivity index (χ2n) is 7.53. The SMILES string of the molecule is CC(C)(C)OC(=O)NCCn1cc(C(=O)NC2CCc3cccnc32)cn1. The molecule has 0 aromatic carbocycles. The van der Waals surface area contributed by atoms with E-state index in [1.165, 1.54) is 11.8 Å². The molecule has 0 fully saturated rings. The molecule has 2 aromatic heterocycles. The van der Waals surface area contributed by atoms with E-state index in [0.717, 1.165) is 18.5 Å². The van der Waals surface area contributed by atoms with Gasteiger partial charge in [0.05, 0.1) is 30.0 Å². The summed E-state index contributed by atoms with van der Waals surface area (Å²) in [7, 11) is 0. The zero-order chi connectivity index (χ0) is 19.4. The molecular weight excluding hydrogens is 346 g/mol. The number of ether oxygens (including phenoxy) is 1. The number of rotatable bonds is 5. The van der Waals surface area contributed by atoms with Crippen LogP contribution in [0.2, 0.25) is 0 Å². The van der Waals surface area contributed by atoms with Crippen LogP contribution in [0.4, 0.5) is 4.79 Å². The molecule has 1 atom stereocenters. The molecule has 0 saturated carbocycles. The van der Waals surface area contributed by atoms with Gasteiger partial charge >= 0.3 is 6.09 Å². The molecule has 0 saturated heterocycles. The van der Waals surface area contributed by atoms with E-state index in [9.17, 15) is 9.59 Å². The molecule has 0 bridgehead atoms. The van der Waals surface area contributed by atoms with Gasteiger partial charge in [0.15, 0.2) is 0 Å². The smallest absolute Gasteiger partial charge is 0.407 e. The molecule has 2 aromatic rings. The van der Waals surface area contributed by atoms with Gasteiger partial charge in [-0.2, -0.15) is 5.10 Å². The van der Waals surface area contributed by atoms with Gasteiger partial charge in [-0.15, -0.1) is 0 Å². The van der Waals surface area contributed by atoms with Gasteiger partial charge in [0, 0.05) is 18.9 Å². The van der Waals surface area contributed by atoms with Crippen molar-refractivity contribution in [3.8, 4) is 0 Å². The van der Waals surface area contributed by atoms with Crippen molar-refractivity contribution in [1.82, 2.24) is 25.4 Å². The summed E-state index contributed by atoms with van der Waals surface area (Å²) >= 11 is 0. The fraction of sp³-hybridized carbons (Fsp3) is 0.474. The summed E-state index contributed by atoms with van der Waals surface area (Å²) in [5, 5.41) is 9.86. The minimum atomic E-state index is -0.533. The maximum Gasteiger partial charge on any atom is 0.407 e. The third-order valence-electron chi connectivity index (χ3n) is 4.17. The second-order valence-corrected chi connectivity index (χ2v) is 7.53. The number of amides is 2. The lowest BCUT2D eigenvalue weighted by atomic mass is 10.2. The Labute approximate surface area is 158 Å². The number of nitrogens with zero attached hydrogens (tertiary/aromatic N) is 3. The van der Waals surface area contributed by atoms with Gasteiger partial charge in [0.25, 0.3) is 5.91 Å². The predicted octanol–water partition coefficient (Wildman–Crippen LogP) is 2.22. The number of nitrogens with one attached hydrogen (secondary N) is 2. The minimum absolute atomic E-state index is 0.0640. The fourth-order valence-electron chi connectivity index (χ4n) is 2.98. The highest BCUT2D eigenvalue weighted by Crippen LogP contribution is 2.28. The lowest BCUT2D eigenvalue weighted by Crippen LogP contribution is -2.34. The molecule has 0 radical (unpaired) electrons. The highest BCUT2D eigenvalue weighted by atomic mass is 16.6. The number of carbonyl (C=O) groups excluding carboxylic acids is 2. The monoisotopic (exact) mass is 371 g/mol. The van der Waals surface area contributed by atoms with Crippen LogP contribution in [0.25, 0.3) is 0 Å². The third kappa shape index (κ3) is 5.06. The maximum absolute atomic E-state index is 12.5. The van der Waals surface area contributed by atoms with Gasteiger partial charge in [0.1, 0.15) is 5.60 Å². The molecule has 1 aliphatic rings. The number of hydrogen-bond acceptors (Lipinski definition) is 5. The van der Waals surface area contributed by atoms with Gasteiger partial charge in [-0.05, 0) is 45.2 Å². The lowest BCUT2D eigenvalue weighted by Gasteiger charge is -2.19. The summed E-state index contributed by atoms with van der Waals surface area (Å²) in [4.78, 5) is 28.5. The fourth-order valence-corrected chi connectivity index (χ4v) is 2.98. The molecule has 8 nitrogen and oxygen atoms in total. The standard InChI is InChI=1S/C19H25N5O3/c1-19(2,3)27-18(26)21-9-10-24-12-14(11-22-24)17(25)23-15-7-6-13-5-4-8-20-16(13)15/h4-5,8,11-12,15H,6-7,9-10H2,1-3H3,(H,21,26)(H,23,25). The van der Waals surface area contributed by atoms with Crippen LogP contribution in [0.5, 0.6) is 0 Å². The van der Waals surface area contributed by atoms with Crippen molar-refractivity contribution in [3.63, 3.8) is 0 Å².